The van der Waals surface area contributed by atoms with Crippen LogP contribution in [-0.4, -0.2) is 55.5 Å². The highest BCUT2D eigenvalue weighted by atomic mass is 16.5. The predicted molar refractivity (Wildman–Crippen MR) is 136 cm³/mol. The van der Waals surface area contributed by atoms with Crippen LogP contribution < -0.4 is 9.47 Å². The molecule has 5 rings (SSSR count). The molecule has 0 radical (unpaired) electrons. The summed E-state index contributed by atoms with van der Waals surface area (Å²) in [6.07, 6.45) is 3.25. The Labute approximate surface area is 206 Å². The number of carbonyl (C=O) groups is 2. The summed E-state index contributed by atoms with van der Waals surface area (Å²) in [5, 5.41) is 2.04. The van der Waals surface area contributed by atoms with E-state index in [-0.39, 0.29) is 23.8 Å². The Hall–Kier alpha value is -3.54. The third kappa shape index (κ3) is 4.45. The van der Waals surface area contributed by atoms with Gasteiger partial charge in [0, 0.05) is 36.7 Å². The molecule has 1 atom stereocenters. The molecule has 0 N–H and O–H groups in total. The molecular formula is C29H32N2O4. The van der Waals surface area contributed by atoms with Gasteiger partial charge in [-0.05, 0) is 60.7 Å². The van der Waals surface area contributed by atoms with Crippen molar-refractivity contribution in [2.75, 3.05) is 33.9 Å². The molecule has 182 valence electrons. The van der Waals surface area contributed by atoms with E-state index >= 15 is 0 Å². The largest absolute Gasteiger partial charge is 0.497 e. The summed E-state index contributed by atoms with van der Waals surface area (Å²) in [4.78, 5) is 30.8. The summed E-state index contributed by atoms with van der Waals surface area (Å²) in [5.41, 5.74) is 1.74. The Kier molecular flexibility index (Phi) is 6.62. The van der Waals surface area contributed by atoms with Crippen molar-refractivity contribution in [3.05, 3.63) is 71.8 Å². The Morgan fingerprint density at radius 3 is 2.40 bits per heavy atom. The SMILES string of the molecule is COc1ccc(OC)c(C2CCCN2C(=O)C2CCN(C(=O)c3cccc4ccccc34)CC2)c1. The number of hydrogen-bond donors (Lipinski definition) is 0. The van der Waals surface area contributed by atoms with Crippen LogP contribution in [0.25, 0.3) is 10.8 Å². The number of likely N-dealkylation sites (tertiary alicyclic amines) is 2. The maximum Gasteiger partial charge on any atom is 0.254 e. The quantitative estimate of drug-likeness (QED) is 0.520. The first kappa shape index (κ1) is 23.2. The normalized spacial score (nSPS) is 18.6. The molecule has 2 heterocycles. The Morgan fingerprint density at radius 2 is 1.63 bits per heavy atom. The molecule has 2 aliphatic heterocycles. The van der Waals surface area contributed by atoms with E-state index < -0.39 is 0 Å². The molecular weight excluding hydrogens is 440 g/mol. The number of benzene rings is 3. The maximum atomic E-state index is 13.6. The summed E-state index contributed by atoms with van der Waals surface area (Å²) < 4.78 is 11.0. The van der Waals surface area contributed by atoms with Gasteiger partial charge in [-0.25, -0.2) is 0 Å². The van der Waals surface area contributed by atoms with Gasteiger partial charge < -0.3 is 19.3 Å². The topological polar surface area (TPSA) is 59.1 Å². The highest BCUT2D eigenvalue weighted by Crippen LogP contribution is 2.40. The third-order valence-electron chi connectivity index (χ3n) is 7.48. The molecule has 0 saturated carbocycles. The zero-order chi connectivity index (χ0) is 24.4. The summed E-state index contributed by atoms with van der Waals surface area (Å²) >= 11 is 0. The van der Waals surface area contributed by atoms with Gasteiger partial charge in [-0.2, -0.15) is 0 Å². The number of piperidine rings is 1. The molecule has 2 aliphatic rings. The second-order valence-electron chi connectivity index (χ2n) is 9.39. The van der Waals surface area contributed by atoms with Gasteiger partial charge in [-0.15, -0.1) is 0 Å². The van der Waals surface area contributed by atoms with E-state index in [0.29, 0.717) is 25.9 Å². The van der Waals surface area contributed by atoms with E-state index in [0.717, 1.165) is 52.8 Å². The van der Waals surface area contributed by atoms with Crippen molar-refractivity contribution in [1.82, 2.24) is 9.80 Å². The second-order valence-corrected chi connectivity index (χ2v) is 9.39. The van der Waals surface area contributed by atoms with Crippen LogP contribution in [-0.2, 0) is 4.79 Å². The zero-order valence-corrected chi connectivity index (χ0v) is 20.4. The van der Waals surface area contributed by atoms with Gasteiger partial charge in [0.05, 0.1) is 20.3 Å². The maximum absolute atomic E-state index is 13.6. The van der Waals surface area contributed by atoms with Crippen molar-refractivity contribution in [2.24, 2.45) is 5.92 Å². The van der Waals surface area contributed by atoms with Gasteiger partial charge in [0.25, 0.3) is 5.91 Å². The molecule has 3 aromatic carbocycles. The number of carbonyl (C=O) groups excluding carboxylic acids is 2. The minimum Gasteiger partial charge on any atom is -0.497 e. The van der Waals surface area contributed by atoms with Crippen LogP contribution in [0.4, 0.5) is 0 Å². The second kappa shape index (κ2) is 9.98. The minimum absolute atomic E-state index is 0.0112. The fourth-order valence-electron chi connectivity index (χ4n) is 5.60. The van der Waals surface area contributed by atoms with E-state index in [1.54, 1.807) is 14.2 Å². The number of fused-ring (bicyclic) bond motifs is 1. The smallest absolute Gasteiger partial charge is 0.254 e. The van der Waals surface area contributed by atoms with Gasteiger partial charge >= 0.3 is 0 Å². The van der Waals surface area contributed by atoms with Gasteiger partial charge in [-0.1, -0.05) is 36.4 Å². The molecule has 2 saturated heterocycles. The van der Waals surface area contributed by atoms with Crippen LogP contribution in [0.5, 0.6) is 11.5 Å². The predicted octanol–water partition coefficient (Wildman–Crippen LogP) is 5.07. The Bertz CT molecular complexity index is 1230. The molecule has 0 spiro atoms. The summed E-state index contributed by atoms with van der Waals surface area (Å²) in [7, 11) is 3.31. The average molecular weight is 473 g/mol. The molecule has 6 heteroatoms. The average Bonchev–Trinajstić information content (AvgIpc) is 3.41. The molecule has 6 nitrogen and oxygen atoms in total. The molecule has 1 unspecified atom stereocenters. The number of ether oxygens (including phenoxy) is 2. The molecule has 0 bridgehead atoms. The van der Waals surface area contributed by atoms with Crippen LogP contribution >= 0.6 is 0 Å². The van der Waals surface area contributed by atoms with Crippen LogP contribution in [0.3, 0.4) is 0 Å². The molecule has 2 amide bonds. The first-order chi connectivity index (χ1) is 17.1. The zero-order valence-electron chi connectivity index (χ0n) is 20.4. The van der Waals surface area contributed by atoms with Crippen LogP contribution in [0.2, 0.25) is 0 Å². The Balaban J connectivity index is 1.28. The van der Waals surface area contributed by atoms with Crippen LogP contribution in [0.15, 0.2) is 60.7 Å². The molecule has 0 aliphatic carbocycles. The summed E-state index contributed by atoms with van der Waals surface area (Å²) in [5.74, 6) is 1.72. The highest BCUT2D eigenvalue weighted by molar-refractivity contribution is 6.07. The van der Waals surface area contributed by atoms with Gasteiger partial charge in [-0.3, -0.25) is 9.59 Å². The lowest BCUT2D eigenvalue weighted by atomic mass is 9.93. The monoisotopic (exact) mass is 472 g/mol. The number of rotatable bonds is 5. The fraction of sp³-hybridized carbons (Fsp3) is 0.379. The van der Waals surface area contributed by atoms with Crippen molar-refractivity contribution in [3.63, 3.8) is 0 Å². The summed E-state index contributed by atoms with van der Waals surface area (Å²) in [6.45, 7) is 1.94. The standard InChI is InChI=1S/C29H32N2O4/c1-34-22-12-13-27(35-2)25(19-22)26-11-6-16-31(26)28(32)21-14-17-30(18-15-21)29(33)24-10-5-8-20-7-3-4-9-23(20)24/h3-5,7-10,12-13,19,21,26H,6,11,14-18H2,1-2H3. The van der Waals surface area contributed by atoms with Crippen LogP contribution in [0.1, 0.15) is 47.6 Å². The molecule has 0 aromatic heterocycles. The number of hydrogen-bond acceptors (Lipinski definition) is 4. The molecule has 2 fully saturated rings. The first-order valence-electron chi connectivity index (χ1n) is 12.4. The van der Waals surface area contributed by atoms with Gasteiger partial charge in [0.1, 0.15) is 11.5 Å². The van der Waals surface area contributed by atoms with Gasteiger partial charge in [0.15, 0.2) is 0 Å². The number of amides is 2. The van der Waals surface area contributed by atoms with Crippen molar-refractivity contribution < 1.29 is 19.1 Å². The van der Waals surface area contributed by atoms with Crippen molar-refractivity contribution in [3.8, 4) is 11.5 Å². The van der Waals surface area contributed by atoms with Crippen molar-refractivity contribution >= 4 is 22.6 Å². The van der Waals surface area contributed by atoms with Crippen molar-refractivity contribution in [1.29, 1.82) is 0 Å². The van der Waals surface area contributed by atoms with Crippen LogP contribution in [0, 0.1) is 5.92 Å². The molecule has 3 aromatic rings. The highest BCUT2D eigenvalue weighted by Gasteiger charge is 2.37. The number of nitrogens with zero attached hydrogens (tertiary/aromatic N) is 2. The van der Waals surface area contributed by atoms with E-state index in [1.807, 2.05) is 70.5 Å². The molecule has 35 heavy (non-hydrogen) atoms. The van der Waals surface area contributed by atoms with E-state index in [9.17, 15) is 9.59 Å². The lowest BCUT2D eigenvalue weighted by Gasteiger charge is -2.35. The fourth-order valence-corrected chi connectivity index (χ4v) is 5.60. The van der Waals surface area contributed by atoms with E-state index in [2.05, 4.69) is 0 Å². The minimum atomic E-state index is -0.0660. The van der Waals surface area contributed by atoms with E-state index in [4.69, 9.17) is 9.47 Å². The number of methoxy groups -OCH3 is 2. The lowest BCUT2D eigenvalue weighted by Crippen LogP contribution is -2.44. The summed E-state index contributed by atoms with van der Waals surface area (Å²) in [6, 6.07) is 19.6. The van der Waals surface area contributed by atoms with Crippen molar-refractivity contribution in [2.45, 2.75) is 31.7 Å². The lowest BCUT2D eigenvalue weighted by molar-refractivity contribution is -0.137. The first-order valence-corrected chi connectivity index (χ1v) is 12.4. The third-order valence-corrected chi connectivity index (χ3v) is 7.48. The Morgan fingerprint density at radius 1 is 0.857 bits per heavy atom. The van der Waals surface area contributed by atoms with Gasteiger partial charge in [0.2, 0.25) is 5.91 Å². The van der Waals surface area contributed by atoms with E-state index in [1.165, 1.54) is 0 Å².